The van der Waals surface area contributed by atoms with Crippen LogP contribution in [0.2, 0.25) is 19.6 Å². The van der Waals surface area contributed by atoms with Gasteiger partial charge in [0, 0.05) is 6.07 Å². The van der Waals surface area contributed by atoms with Crippen molar-refractivity contribution in [3.05, 3.63) is 32.3 Å². The second kappa shape index (κ2) is 5.07. The largest absolute Gasteiger partial charge is 0.539 e. The minimum absolute atomic E-state index is 0.0872. The Morgan fingerprint density at radius 2 is 2.00 bits per heavy atom. The van der Waals surface area contributed by atoms with Gasteiger partial charge in [-0.3, -0.25) is 10.1 Å². The molecule has 0 aliphatic heterocycles. The van der Waals surface area contributed by atoms with Crippen LogP contribution in [0.4, 0.5) is 5.69 Å². The van der Waals surface area contributed by atoms with E-state index in [2.05, 4.69) is 15.9 Å². The maximum Gasteiger partial charge on any atom is 0.335 e. The Hall–Kier alpha value is -1.41. The number of rotatable bonds is 4. The standard InChI is InChI=1S/C10H12BrNO5Si/c1-18(2,3)17-9-7(11)4-6(10(13)14)5-8(9)12(15)16/h4-5H,1-3H3,(H,13,14). The van der Waals surface area contributed by atoms with Crippen molar-refractivity contribution < 1.29 is 19.3 Å². The summed E-state index contributed by atoms with van der Waals surface area (Å²) in [4.78, 5) is 21.2. The van der Waals surface area contributed by atoms with E-state index in [-0.39, 0.29) is 21.5 Å². The van der Waals surface area contributed by atoms with Crippen molar-refractivity contribution in [1.29, 1.82) is 0 Å². The lowest BCUT2D eigenvalue weighted by Gasteiger charge is -2.20. The van der Waals surface area contributed by atoms with Crippen LogP contribution in [0.25, 0.3) is 0 Å². The molecule has 0 aliphatic rings. The molecule has 1 aromatic rings. The van der Waals surface area contributed by atoms with Gasteiger partial charge in [0.1, 0.15) is 0 Å². The number of hydrogen-bond acceptors (Lipinski definition) is 4. The van der Waals surface area contributed by atoms with Crippen molar-refractivity contribution in [2.45, 2.75) is 19.6 Å². The Balaban J connectivity index is 3.41. The first-order valence-electron chi connectivity index (χ1n) is 5.02. The van der Waals surface area contributed by atoms with Gasteiger partial charge in [-0.15, -0.1) is 0 Å². The molecule has 0 spiro atoms. The second-order valence-electron chi connectivity index (χ2n) is 4.58. The first-order valence-corrected chi connectivity index (χ1v) is 9.22. The molecule has 0 saturated carbocycles. The monoisotopic (exact) mass is 333 g/mol. The van der Waals surface area contributed by atoms with Gasteiger partial charge in [0.25, 0.3) is 0 Å². The molecule has 0 aromatic heterocycles. The summed E-state index contributed by atoms with van der Waals surface area (Å²) in [5.74, 6) is -1.14. The van der Waals surface area contributed by atoms with E-state index in [9.17, 15) is 14.9 Å². The van der Waals surface area contributed by atoms with Crippen LogP contribution in [-0.4, -0.2) is 24.3 Å². The van der Waals surface area contributed by atoms with Crippen LogP contribution in [0.5, 0.6) is 5.75 Å². The summed E-state index contributed by atoms with van der Waals surface area (Å²) >= 11 is 3.12. The number of nitrogens with zero attached hydrogens (tertiary/aromatic N) is 1. The zero-order valence-corrected chi connectivity index (χ0v) is 12.6. The highest BCUT2D eigenvalue weighted by atomic mass is 79.9. The zero-order chi connectivity index (χ0) is 14.1. The van der Waals surface area contributed by atoms with Crippen molar-refractivity contribution >= 4 is 35.9 Å². The summed E-state index contributed by atoms with van der Waals surface area (Å²) < 4.78 is 5.89. The summed E-state index contributed by atoms with van der Waals surface area (Å²) in [5, 5.41) is 19.8. The van der Waals surface area contributed by atoms with Gasteiger partial charge in [-0.05, 0) is 41.6 Å². The van der Waals surface area contributed by atoms with E-state index >= 15 is 0 Å². The molecule has 0 bridgehead atoms. The average Bonchev–Trinajstić information content (AvgIpc) is 2.18. The number of carboxylic acids is 1. The molecule has 0 heterocycles. The minimum Gasteiger partial charge on any atom is -0.539 e. The van der Waals surface area contributed by atoms with Gasteiger partial charge in [0.05, 0.1) is 15.0 Å². The van der Waals surface area contributed by atoms with Crippen LogP contribution >= 0.6 is 15.9 Å². The van der Waals surface area contributed by atoms with Crippen molar-refractivity contribution in [3.8, 4) is 5.75 Å². The molecule has 1 aromatic carbocycles. The molecule has 0 amide bonds. The van der Waals surface area contributed by atoms with E-state index in [4.69, 9.17) is 9.53 Å². The van der Waals surface area contributed by atoms with Gasteiger partial charge in [-0.1, -0.05) is 0 Å². The molecule has 6 nitrogen and oxygen atoms in total. The van der Waals surface area contributed by atoms with E-state index in [1.165, 1.54) is 6.07 Å². The summed E-state index contributed by atoms with van der Waals surface area (Å²) in [5.41, 5.74) is -0.499. The Morgan fingerprint density at radius 3 is 2.39 bits per heavy atom. The fourth-order valence-electron chi connectivity index (χ4n) is 1.25. The van der Waals surface area contributed by atoms with Gasteiger partial charge in [0.2, 0.25) is 8.32 Å². The Labute approximate surface area is 113 Å². The predicted molar refractivity (Wildman–Crippen MR) is 71.7 cm³/mol. The Bertz CT molecular complexity index is 512. The summed E-state index contributed by atoms with van der Waals surface area (Å²) in [6, 6.07) is 2.30. The number of hydrogen-bond donors (Lipinski definition) is 1. The van der Waals surface area contributed by atoms with Crippen LogP contribution in [0, 0.1) is 10.1 Å². The van der Waals surface area contributed by atoms with Gasteiger partial charge < -0.3 is 9.53 Å². The number of benzene rings is 1. The Morgan fingerprint density at radius 1 is 1.44 bits per heavy atom. The molecule has 1 rings (SSSR count). The molecule has 1 N–H and O–H groups in total. The second-order valence-corrected chi connectivity index (χ2v) is 9.87. The van der Waals surface area contributed by atoms with Gasteiger partial charge in [-0.25, -0.2) is 4.79 Å². The third-order valence-electron chi connectivity index (χ3n) is 1.88. The van der Waals surface area contributed by atoms with E-state index in [1.54, 1.807) is 0 Å². The quantitative estimate of drug-likeness (QED) is 0.518. The SMILES string of the molecule is C[Si](C)(C)Oc1c(Br)cc(C(=O)O)cc1[N+](=O)[O-]. The lowest BCUT2D eigenvalue weighted by Crippen LogP contribution is -2.29. The van der Waals surface area contributed by atoms with Crippen LogP contribution < -0.4 is 4.43 Å². The molecular formula is C10H12BrNO5Si. The molecule has 8 heteroatoms. The predicted octanol–water partition coefficient (Wildman–Crippen LogP) is 3.27. The number of carbonyl (C=O) groups is 1. The van der Waals surface area contributed by atoms with E-state index in [1.807, 2.05) is 19.6 Å². The highest BCUT2D eigenvalue weighted by molar-refractivity contribution is 9.10. The summed E-state index contributed by atoms with van der Waals surface area (Å²) in [6.07, 6.45) is 0. The molecule has 0 aliphatic carbocycles. The fourth-order valence-corrected chi connectivity index (χ4v) is 2.75. The topological polar surface area (TPSA) is 89.7 Å². The molecular weight excluding hydrogens is 322 g/mol. The van der Waals surface area contributed by atoms with Crippen molar-refractivity contribution in [3.63, 3.8) is 0 Å². The normalized spacial score (nSPS) is 11.1. The lowest BCUT2D eigenvalue weighted by molar-refractivity contribution is -0.385. The first kappa shape index (κ1) is 14.6. The number of carboxylic acid groups (broad SMARTS) is 1. The Kier molecular flexibility index (Phi) is 4.12. The summed E-state index contributed by atoms with van der Waals surface area (Å²) in [6.45, 7) is 5.65. The number of aromatic carboxylic acids is 1. The third-order valence-corrected chi connectivity index (χ3v) is 3.28. The summed E-state index contributed by atoms with van der Waals surface area (Å²) in [7, 11) is -2.03. The maximum atomic E-state index is 11.0. The van der Waals surface area contributed by atoms with E-state index in [0.717, 1.165) is 6.07 Å². The first-order chi connectivity index (χ1) is 8.11. The molecule has 0 fully saturated rings. The molecule has 98 valence electrons. The molecule has 0 radical (unpaired) electrons. The van der Waals surface area contributed by atoms with Crippen LogP contribution in [-0.2, 0) is 0 Å². The van der Waals surface area contributed by atoms with Crippen molar-refractivity contribution in [1.82, 2.24) is 0 Å². The van der Waals surface area contributed by atoms with Crippen LogP contribution in [0.15, 0.2) is 16.6 Å². The van der Waals surface area contributed by atoms with E-state index in [0.29, 0.717) is 0 Å². The van der Waals surface area contributed by atoms with Crippen molar-refractivity contribution in [2.75, 3.05) is 0 Å². The molecule has 18 heavy (non-hydrogen) atoms. The minimum atomic E-state index is -2.03. The lowest BCUT2D eigenvalue weighted by atomic mass is 10.2. The number of halogens is 1. The van der Waals surface area contributed by atoms with Crippen LogP contribution in [0.3, 0.4) is 0 Å². The molecule has 0 unspecified atom stereocenters. The molecule has 0 saturated heterocycles. The highest BCUT2D eigenvalue weighted by Gasteiger charge is 2.27. The fraction of sp³-hybridized carbons (Fsp3) is 0.300. The number of nitro groups is 1. The highest BCUT2D eigenvalue weighted by Crippen LogP contribution is 2.37. The van der Waals surface area contributed by atoms with E-state index < -0.39 is 19.2 Å². The maximum absolute atomic E-state index is 11.0. The van der Waals surface area contributed by atoms with Crippen LogP contribution in [0.1, 0.15) is 10.4 Å². The molecule has 0 atom stereocenters. The zero-order valence-electron chi connectivity index (χ0n) is 10.1. The van der Waals surface area contributed by atoms with Crippen molar-refractivity contribution in [2.24, 2.45) is 0 Å². The van der Waals surface area contributed by atoms with Gasteiger partial charge in [0.15, 0.2) is 5.75 Å². The van der Waals surface area contributed by atoms with Gasteiger partial charge in [-0.2, -0.15) is 0 Å². The average molecular weight is 334 g/mol. The van der Waals surface area contributed by atoms with Gasteiger partial charge >= 0.3 is 11.7 Å². The number of nitro benzene ring substituents is 1. The third kappa shape index (κ3) is 3.54. The smallest absolute Gasteiger partial charge is 0.335 e.